The van der Waals surface area contributed by atoms with Crippen LogP contribution in [-0.2, 0) is 32.5 Å². The Labute approximate surface area is 323 Å². The fraction of sp³-hybridized carbons (Fsp3) is 0.375. The van der Waals surface area contributed by atoms with Crippen molar-refractivity contribution in [1.29, 1.82) is 0 Å². The molecule has 0 unspecified atom stereocenters. The Morgan fingerprint density at radius 2 is 1.38 bits per heavy atom. The quantitative estimate of drug-likeness (QED) is 0.142. The molecule has 0 spiro atoms. The number of hydrogen-bond donors (Lipinski definition) is 4. The van der Waals surface area contributed by atoms with Crippen molar-refractivity contribution in [3.05, 3.63) is 90.8 Å². The largest absolute Gasteiger partial charge is 0.453 e. The van der Waals surface area contributed by atoms with Gasteiger partial charge in [-0.2, -0.15) is 0 Å². The second kappa shape index (κ2) is 15.7. The zero-order valence-corrected chi connectivity index (χ0v) is 31.8. The molecule has 56 heavy (non-hydrogen) atoms. The molecule has 5 heterocycles. The number of ether oxygens (including phenoxy) is 2. The molecule has 16 heteroatoms. The highest BCUT2D eigenvalue weighted by Gasteiger charge is 2.45. The number of nitrogens with two attached hydrogens (primary N) is 1. The average Bonchev–Trinajstić information content (AvgIpc) is 4.05. The Kier molecular flexibility index (Phi) is 10.6. The number of amides is 4. The van der Waals surface area contributed by atoms with E-state index in [1.165, 1.54) is 7.11 Å². The number of hydrogen-bond acceptors (Lipinski definition) is 9. The number of aromatic amines is 2. The molecule has 0 saturated carbocycles. The van der Waals surface area contributed by atoms with Crippen LogP contribution < -0.4 is 11.1 Å². The molecule has 0 bridgehead atoms. The third-order valence-corrected chi connectivity index (χ3v) is 10.7. The van der Waals surface area contributed by atoms with E-state index in [-0.39, 0.29) is 30.3 Å². The predicted molar refractivity (Wildman–Crippen MR) is 205 cm³/mol. The minimum Gasteiger partial charge on any atom is -0.453 e. The van der Waals surface area contributed by atoms with Crippen molar-refractivity contribution in [2.24, 2.45) is 12.8 Å². The maximum Gasteiger partial charge on any atom is 0.407 e. The Bertz CT molecular complexity index is 2210. The van der Waals surface area contributed by atoms with E-state index in [4.69, 9.17) is 10.5 Å². The minimum absolute atomic E-state index is 0.124. The molecule has 4 atom stereocenters. The summed E-state index contributed by atoms with van der Waals surface area (Å²) >= 11 is 0. The average molecular weight is 763 g/mol. The highest BCUT2D eigenvalue weighted by atomic mass is 16.6. The highest BCUT2D eigenvalue weighted by molar-refractivity contribution is 5.88. The van der Waals surface area contributed by atoms with Gasteiger partial charge in [0, 0.05) is 38.4 Å². The predicted octanol–water partition coefficient (Wildman–Crippen LogP) is 5.04. The molecule has 2 fully saturated rings. The van der Waals surface area contributed by atoms with Crippen molar-refractivity contribution in [3.8, 4) is 33.6 Å². The smallest absolute Gasteiger partial charge is 0.407 e. The van der Waals surface area contributed by atoms with E-state index < -0.39 is 23.8 Å². The summed E-state index contributed by atoms with van der Waals surface area (Å²) in [7, 11) is 3.08. The molecule has 5 aromatic rings. The van der Waals surface area contributed by atoms with Gasteiger partial charge in [-0.25, -0.2) is 24.5 Å². The first kappa shape index (κ1) is 37.8. The van der Waals surface area contributed by atoms with Crippen LogP contribution in [0.4, 0.5) is 9.59 Å². The molecular weight excluding hydrogens is 717 g/mol. The number of rotatable bonds is 11. The zero-order chi connectivity index (χ0) is 39.6. The van der Waals surface area contributed by atoms with Gasteiger partial charge in [0.05, 0.1) is 49.3 Å². The van der Waals surface area contributed by atoms with E-state index in [0.29, 0.717) is 31.2 Å². The number of H-pyrrole nitrogens is 2. The Hall–Kier alpha value is -6.45. The van der Waals surface area contributed by atoms with Gasteiger partial charge in [0.1, 0.15) is 17.7 Å². The molecule has 2 aromatic carbocycles. The molecule has 7 rings (SSSR count). The number of aryl methyl sites for hydroxylation is 1. The van der Waals surface area contributed by atoms with Crippen molar-refractivity contribution >= 4 is 24.0 Å². The van der Waals surface area contributed by atoms with Crippen LogP contribution in [0.5, 0.6) is 0 Å². The number of carbonyl (C=O) groups excluding carboxylic acids is 4. The summed E-state index contributed by atoms with van der Waals surface area (Å²) in [5.74, 6) is 0.851. The van der Waals surface area contributed by atoms with Crippen LogP contribution in [0.2, 0.25) is 0 Å². The van der Waals surface area contributed by atoms with Gasteiger partial charge in [-0.3, -0.25) is 9.59 Å². The maximum absolute atomic E-state index is 14.0. The third kappa shape index (κ3) is 7.72. The molecule has 3 aromatic heterocycles. The fourth-order valence-corrected chi connectivity index (χ4v) is 7.73. The van der Waals surface area contributed by atoms with E-state index in [9.17, 15) is 19.2 Å². The van der Waals surface area contributed by atoms with Crippen LogP contribution >= 0.6 is 0 Å². The Balaban J connectivity index is 1.01. The first-order valence-corrected chi connectivity index (χ1v) is 18.6. The Morgan fingerprint density at radius 1 is 0.857 bits per heavy atom. The number of aromatic nitrogens is 6. The molecule has 2 aliphatic heterocycles. The van der Waals surface area contributed by atoms with E-state index in [1.54, 1.807) is 53.1 Å². The topological polar surface area (TPSA) is 206 Å². The third-order valence-electron chi connectivity index (χ3n) is 10.7. The van der Waals surface area contributed by atoms with Crippen LogP contribution in [0.25, 0.3) is 33.6 Å². The van der Waals surface area contributed by atoms with Gasteiger partial charge in [-0.1, -0.05) is 48.5 Å². The summed E-state index contributed by atoms with van der Waals surface area (Å²) < 4.78 is 11.9. The SMILES string of the molecule is COC(=O)N[C@@H](C)C(=O)N1CCC[C@H]1c1ncc(-c2ccc(-c3ccc(-c4cnc([C@@H]5CCCN5C(=O)[C@](C)(Cc5cncn5C)OC(N)=O)[nH]4)cc3)cc2)[nH]1. The van der Waals surface area contributed by atoms with Crippen molar-refractivity contribution in [2.45, 2.75) is 69.7 Å². The standard InChI is InChI=1S/C40H46N10O6/c1-24(45-39(54)55-4)36(51)49-17-5-7-32(49)34-43-21-30(46-34)27-13-9-25(10-14-27)26-11-15-28(16-12-26)31-22-44-35(47-31)33-8-6-18-50(33)37(52)40(2,56-38(41)53)19-29-20-42-23-48(29)3/h9-16,20-24,32-33H,5-8,17-19H2,1-4H3,(H2,41,53)(H,43,46)(H,44,47)(H,45,54)/t24-,32-,33-,40-/m0/s1. The fourth-order valence-electron chi connectivity index (χ4n) is 7.73. The Morgan fingerprint density at radius 3 is 1.88 bits per heavy atom. The molecule has 2 saturated heterocycles. The van der Waals surface area contributed by atoms with Crippen molar-refractivity contribution in [2.75, 3.05) is 20.2 Å². The first-order chi connectivity index (χ1) is 26.9. The number of primary amides is 1. The normalized spacial score (nSPS) is 18.4. The molecule has 4 amide bonds. The molecule has 5 N–H and O–H groups in total. The van der Waals surface area contributed by atoms with Crippen LogP contribution in [0.1, 0.15) is 69.0 Å². The lowest BCUT2D eigenvalue weighted by Gasteiger charge is -2.34. The van der Waals surface area contributed by atoms with Crippen LogP contribution in [0.3, 0.4) is 0 Å². The van der Waals surface area contributed by atoms with E-state index >= 15 is 0 Å². The van der Waals surface area contributed by atoms with Gasteiger partial charge in [0.2, 0.25) is 5.91 Å². The van der Waals surface area contributed by atoms with Crippen LogP contribution in [0, 0.1) is 0 Å². The molecule has 0 aliphatic carbocycles. The lowest BCUT2D eigenvalue weighted by molar-refractivity contribution is -0.150. The summed E-state index contributed by atoms with van der Waals surface area (Å²) in [6, 6.07) is 15.1. The van der Waals surface area contributed by atoms with Crippen LogP contribution in [0.15, 0.2) is 73.4 Å². The number of imidazole rings is 3. The number of nitrogens with zero attached hydrogens (tertiary/aromatic N) is 6. The molecular formula is C40H46N10O6. The van der Waals surface area contributed by atoms with Gasteiger partial charge in [0.25, 0.3) is 5.91 Å². The second-order valence-electron chi connectivity index (χ2n) is 14.5. The number of nitrogens with one attached hydrogen (secondary N) is 3. The zero-order valence-electron chi connectivity index (χ0n) is 31.8. The number of likely N-dealkylation sites (tertiary alicyclic amines) is 2. The maximum atomic E-state index is 14.0. The lowest BCUT2D eigenvalue weighted by Crippen LogP contribution is -2.52. The number of benzene rings is 2. The molecule has 16 nitrogen and oxygen atoms in total. The van der Waals surface area contributed by atoms with Crippen molar-refractivity contribution < 1.29 is 28.7 Å². The monoisotopic (exact) mass is 762 g/mol. The van der Waals surface area contributed by atoms with Crippen LogP contribution in [-0.4, -0.2) is 95.1 Å². The summed E-state index contributed by atoms with van der Waals surface area (Å²) in [5.41, 5.74) is 10.3. The molecule has 2 aliphatic rings. The minimum atomic E-state index is -1.52. The summed E-state index contributed by atoms with van der Waals surface area (Å²) in [5, 5.41) is 2.55. The van der Waals surface area contributed by atoms with Crippen molar-refractivity contribution in [3.63, 3.8) is 0 Å². The highest BCUT2D eigenvalue weighted by Crippen LogP contribution is 2.36. The van der Waals surface area contributed by atoms with Gasteiger partial charge < -0.3 is 44.9 Å². The van der Waals surface area contributed by atoms with Gasteiger partial charge in [-0.15, -0.1) is 0 Å². The number of methoxy groups -OCH3 is 1. The van der Waals surface area contributed by atoms with Gasteiger partial charge >= 0.3 is 12.2 Å². The summed E-state index contributed by atoms with van der Waals surface area (Å²) in [6.07, 6.45) is 8.39. The van der Waals surface area contributed by atoms with E-state index in [2.05, 4.69) is 59.2 Å². The number of alkyl carbamates (subject to hydrolysis) is 1. The van der Waals surface area contributed by atoms with E-state index in [0.717, 1.165) is 58.6 Å². The van der Waals surface area contributed by atoms with Crippen molar-refractivity contribution in [1.82, 2.24) is 44.6 Å². The molecule has 0 radical (unpaired) electrons. The van der Waals surface area contributed by atoms with E-state index in [1.807, 2.05) is 31.3 Å². The van der Waals surface area contributed by atoms with Gasteiger partial charge in [0.15, 0.2) is 5.60 Å². The molecule has 292 valence electrons. The second-order valence-corrected chi connectivity index (χ2v) is 14.5. The number of carbonyl (C=O) groups is 4. The lowest BCUT2D eigenvalue weighted by atomic mass is 9.97. The summed E-state index contributed by atoms with van der Waals surface area (Å²) in [6.45, 7) is 4.32. The first-order valence-electron chi connectivity index (χ1n) is 18.6. The van der Waals surface area contributed by atoms with Gasteiger partial charge in [-0.05, 0) is 61.8 Å². The summed E-state index contributed by atoms with van der Waals surface area (Å²) in [4.78, 5) is 74.4.